The Bertz CT molecular complexity index is 532. The molecule has 22 heavy (non-hydrogen) atoms. The first-order chi connectivity index (χ1) is 10.6. The van der Waals surface area contributed by atoms with Crippen LogP contribution in [0.4, 0.5) is 0 Å². The van der Waals surface area contributed by atoms with Crippen molar-refractivity contribution in [2.24, 2.45) is 0 Å². The first kappa shape index (κ1) is 18.0. The summed E-state index contributed by atoms with van der Waals surface area (Å²) in [6.07, 6.45) is 9.45. The Hall–Kier alpha value is -2.10. The zero-order chi connectivity index (χ0) is 16.4. The number of para-hydroxylation sites is 1. The van der Waals surface area contributed by atoms with Gasteiger partial charge in [0.2, 0.25) is 0 Å². The quantitative estimate of drug-likeness (QED) is 0.387. The zero-order valence-corrected chi connectivity index (χ0v) is 13.0. The Labute approximate surface area is 131 Å². The van der Waals surface area contributed by atoms with Crippen LogP contribution in [0.3, 0.4) is 0 Å². The molecule has 0 atom stereocenters. The van der Waals surface area contributed by atoms with E-state index in [1.807, 2.05) is 0 Å². The molecule has 0 heterocycles. The predicted molar refractivity (Wildman–Crippen MR) is 86.3 cm³/mol. The van der Waals surface area contributed by atoms with Gasteiger partial charge in [-0.2, -0.15) is 0 Å². The number of aliphatic carboxylic acids is 1. The Morgan fingerprint density at radius 1 is 1.05 bits per heavy atom. The van der Waals surface area contributed by atoms with Crippen LogP contribution in [-0.4, -0.2) is 22.0 Å². The molecule has 0 amide bonds. The molecule has 0 bridgehead atoms. The molecule has 0 aromatic heterocycles. The monoisotopic (exact) mass is 304 g/mol. The van der Waals surface area contributed by atoms with Crippen molar-refractivity contribution >= 4 is 11.8 Å². The number of aryl methyl sites for hydroxylation is 1. The summed E-state index contributed by atoms with van der Waals surface area (Å²) in [5.74, 6) is -1.71. The van der Waals surface area contributed by atoms with Crippen LogP contribution < -0.4 is 0 Å². The van der Waals surface area contributed by atoms with E-state index in [2.05, 4.69) is 6.92 Å². The lowest BCUT2D eigenvalue weighted by molar-refractivity contribution is -0.131. The number of carbonyl (C=O) groups excluding carboxylic acids is 1. The van der Waals surface area contributed by atoms with Crippen LogP contribution in [-0.2, 0) is 11.2 Å². The minimum Gasteiger partial charge on any atom is -0.507 e. The molecule has 0 aliphatic carbocycles. The van der Waals surface area contributed by atoms with Crippen LogP contribution in [0.15, 0.2) is 30.4 Å². The van der Waals surface area contributed by atoms with Crippen LogP contribution in [0.2, 0.25) is 0 Å². The van der Waals surface area contributed by atoms with E-state index >= 15 is 0 Å². The molecule has 1 aromatic rings. The van der Waals surface area contributed by atoms with Gasteiger partial charge in [0.25, 0.3) is 0 Å². The molecule has 0 saturated carbocycles. The standard InChI is InChI=1S/C18H24O4/c1-2-3-4-5-6-7-9-14-10-8-11-15(18(14)22)16(19)12-13-17(20)21/h8,10-13,22H,2-7,9H2,1H3,(H,20,21). The molecule has 0 aliphatic rings. The van der Waals surface area contributed by atoms with Crippen molar-refractivity contribution < 1.29 is 19.8 Å². The van der Waals surface area contributed by atoms with Crippen LogP contribution in [0.25, 0.3) is 0 Å². The average Bonchev–Trinajstić information content (AvgIpc) is 2.49. The summed E-state index contributed by atoms with van der Waals surface area (Å²) < 4.78 is 0. The summed E-state index contributed by atoms with van der Waals surface area (Å²) in [4.78, 5) is 22.3. The van der Waals surface area contributed by atoms with Gasteiger partial charge in [-0.15, -0.1) is 0 Å². The molecular formula is C18H24O4. The van der Waals surface area contributed by atoms with Gasteiger partial charge in [0.05, 0.1) is 5.56 Å². The number of ketones is 1. The number of phenols is 1. The second-order valence-corrected chi connectivity index (χ2v) is 5.37. The molecule has 2 N–H and O–H groups in total. The molecule has 1 rings (SSSR count). The number of hydrogen-bond donors (Lipinski definition) is 2. The second-order valence-electron chi connectivity index (χ2n) is 5.37. The van der Waals surface area contributed by atoms with Gasteiger partial charge >= 0.3 is 5.97 Å². The highest BCUT2D eigenvalue weighted by molar-refractivity contribution is 6.08. The third kappa shape index (κ3) is 6.12. The molecule has 0 radical (unpaired) electrons. The normalized spacial score (nSPS) is 11.0. The van der Waals surface area contributed by atoms with Gasteiger partial charge in [-0.25, -0.2) is 4.79 Å². The van der Waals surface area contributed by atoms with Crippen molar-refractivity contribution in [2.75, 3.05) is 0 Å². The summed E-state index contributed by atoms with van der Waals surface area (Å²) in [6.45, 7) is 2.18. The number of allylic oxidation sites excluding steroid dienone is 1. The van der Waals surface area contributed by atoms with Gasteiger partial charge in [-0.05, 0) is 30.5 Å². The summed E-state index contributed by atoms with van der Waals surface area (Å²) in [6, 6.07) is 5.03. The number of carbonyl (C=O) groups is 2. The third-order valence-corrected chi connectivity index (χ3v) is 3.56. The van der Waals surface area contributed by atoms with Crippen molar-refractivity contribution in [3.63, 3.8) is 0 Å². The smallest absolute Gasteiger partial charge is 0.328 e. The van der Waals surface area contributed by atoms with Crippen molar-refractivity contribution in [1.29, 1.82) is 0 Å². The van der Waals surface area contributed by atoms with Crippen LogP contribution in [0.5, 0.6) is 5.75 Å². The van der Waals surface area contributed by atoms with Crippen molar-refractivity contribution in [3.8, 4) is 5.75 Å². The van der Waals surface area contributed by atoms with E-state index < -0.39 is 11.8 Å². The van der Waals surface area contributed by atoms with Crippen molar-refractivity contribution in [2.45, 2.75) is 51.9 Å². The predicted octanol–water partition coefficient (Wildman–Crippen LogP) is 4.12. The number of phenolic OH excluding ortho intramolecular Hbond substituents is 1. The van der Waals surface area contributed by atoms with E-state index in [9.17, 15) is 14.7 Å². The largest absolute Gasteiger partial charge is 0.507 e. The molecule has 4 nitrogen and oxygen atoms in total. The van der Waals surface area contributed by atoms with Gasteiger partial charge in [-0.3, -0.25) is 4.79 Å². The van der Waals surface area contributed by atoms with Gasteiger partial charge in [0.1, 0.15) is 5.75 Å². The number of carboxylic acids is 1. The molecule has 0 aliphatic heterocycles. The van der Waals surface area contributed by atoms with E-state index in [-0.39, 0.29) is 11.3 Å². The number of rotatable bonds is 10. The maximum absolute atomic E-state index is 11.9. The van der Waals surface area contributed by atoms with Gasteiger partial charge in [0.15, 0.2) is 5.78 Å². The Balaban J connectivity index is 2.61. The first-order valence-electron chi connectivity index (χ1n) is 7.82. The maximum Gasteiger partial charge on any atom is 0.328 e. The zero-order valence-electron chi connectivity index (χ0n) is 13.0. The van der Waals surface area contributed by atoms with E-state index in [0.29, 0.717) is 0 Å². The summed E-state index contributed by atoms with van der Waals surface area (Å²) in [5, 5.41) is 18.7. The summed E-state index contributed by atoms with van der Waals surface area (Å²) >= 11 is 0. The van der Waals surface area contributed by atoms with E-state index in [1.54, 1.807) is 12.1 Å². The highest BCUT2D eigenvalue weighted by Gasteiger charge is 2.12. The number of unbranched alkanes of at least 4 members (excludes halogenated alkanes) is 5. The topological polar surface area (TPSA) is 74.6 Å². The van der Waals surface area contributed by atoms with Gasteiger partial charge in [0, 0.05) is 6.08 Å². The van der Waals surface area contributed by atoms with Crippen LogP contribution in [0, 0.1) is 0 Å². The second kappa shape index (κ2) is 9.77. The van der Waals surface area contributed by atoms with E-state index in [4.69, 9.17) is 5.11 Å². The lowest BCUT2D eigenvalue weighted by atomic mass is 10.00. The number of aromatic hydroxyl groups is 1. The number of benzene rings is 1. The molecular weight excluding hydrogens is 280 g/mol. The fourth-order valence-corrected chi connectivity index (χ4v) is 2.32. The molecule has 4 heteroatoms. The Morgan fingerprint density at radius 2 is 1.73 bits per heavy atom. The molecule has 0 saturated heterocycles. The Kier molecular flexibility index (Phi) is 7.97. The van der Waals surface area contributed by atoms with Crippen molar-refractivity contribution in [3.05, 3.63) is 41.5 Å². The first-order valence-corrected chi connectivity index (χ1v) is 7.82. The lowest BCUT2D eigenvalue weighted by Gasteiger charge is -2.08. The van der Waals surface area contributed by atoms with Gasteiger partial charge in [-0.1, -0.05) is 51.2 Å². The van der Waals surface area contributed by atoms with E-state index in [1.165, 1.54) is 31.7 Å². The van der Waals surface area contributed by atoms with Crippen LogP contribution >= 0.6 is 0 Å². The van der Waals surface area contributed by atoms with Crippen molar-refractivity contribution in [1.82, 2.24) is 0 Å². The summed E-state index contributed by atoms with van der Waals surface area (Å²) in [7, 11) is 0. The van der Waals surface area contributed by atoms with Gasteiger partial charge < -0.3 is 10.2 Å². The van der Waals surface area contributed by atoms with E-state index in [0.717, 1.165) is 37.0 Å². The molecule has 0 fully saturated rings. The molecule has 0 spiro atoms. The highest BCUT2D eigenvalue weighted by Crippen LogP contribution is 2.25. The molecule has 1 aromatic carbocycles. The average molecular weight is 304 g/mol. The maximum atomic E-state index is 11.9. The fourth-order valence-electron chi connectivity index (χ4n) is 2.32. The van der Waals surface area contributed by atoms with Crippen LogP contribution in [0.1, 0.15) is 61.4 Å². The number of hydrogen-bond acceptors (Lipinski definition) is 3. The Morgan fingerprint density at radius 3 is 2.41 bits per heavy atom. The number of carboxylic acid groups (broad SMARTS) is 1. The minimum atomic E-state index is -1.18. The molecule has 120 valence electrons. The minimum absolute atomic E-state index is 0.0314. The fraction of sp³-hybridized carbons (Fsp3) is 0.444. The molecule has 0 unspecified atom stereocenters. The SMILES string of the molecule is CCCCCCCCc1cccc(C(=O)C=CC(=O)O)c1O. The lowest BCUT2D eigenvalue weighted by Crippen LogP contribution is -1.99. The summed E-state index contributed by atoms with van der Waals surface area (Å²) in [5.41, 5.74) is 0.894. The third-order valence-electron chi connectivity index (χ3n) is 3.56. The highest BCUT2D eigenvalue weighted by atomic mass is 16.4.